The molecule has 0 bridgehead atoms. The van der Waals surface area contributed by atoms with E-state index in [2.05, 4.69) is 11.9 Å². The second-order valence-corrected chi connectivity index (χ2v) is 3.08. The molecule has 1 saturated heterocycles. The highest BCUT2D eigenvalue weighted by molar-refractivity contribution is 6.27. The van der Waals surface area contributed by atoms with E-state index in [4.69, 9.17) is 11.6 Å². The van der Waals surface area contributed by atoms with Crippen molar-refractivity contribution in [3.8, 4) is 0 Å². The number of nitrogens with zero attached hydrogens (tertiary/aromatic N) is 2. The summed E-state index contributed by atoms with van der Waals surface area (Å²) in [4.78, 5) is 15.1. The molecule has 1 aliphatic rings. The first-order valence-corrected chi connectivity index (χ1v) is 4.30. The molecule has 0 aromatic heterocycles. The number of alkyl halides is 1. The van der Waals surface area contributed by atoms with Crippen LogP contribution in [0.4, 0.5) is 0 Å². The maximum Gasteiger partial charge on any atom is 0.237 e. The highest BCUT2D eigenvalue weighted by Gasteiger charge is 2.17. The number of carbonyl (C=O) groups is 1. The lowest BCUT2D eigenvalue weighted by Gasteiger charge is -2.31. The Morgan fingerprint density at radius 2 is 1.83 bits per heavy atom. The predicted octanol–water partition coefficient (Wildman–Crippen LogP) is 0.421. The summed E-state index contributed by atoms with van der Waals surface area (Å²) in [5, 5.41) is 0. The van der Waals surface area contributed by atoms with Crippen molar-refractivity contribution in [3.63, 3.8) is 0 Å². The van der Waals surface area contributed by atoms with Crippen LogP contribution in [0.5, 0.6) is 0 Å². The normalized spacial score (nSPS) is 18.7. The summed E-state index contributed by atoms with van der Waals surface area (Å²) >= 11 is 5.42. The van der Waals surface area contributed by atoms with Gasteiger partial charge in [-0.15, -0.1) is 24.0 Å². The van der Waals surface area contributed by atoms with Gasteiger partial charge in [0.25, 0.3) is 0 Å². The van der Waals surface area contributed by atoms with E-state index in [0.29, 0.717) is 0 Å². The van der Waals surface area contributed by atoms with E-state index in [-0.39, 0.29) is 24.2 Å². The number of rotatable bonds is 1. The van der Waals surface area contributed by atoms with Crippen LogP contribution >= 0.6 is 24.0 Å². The molecule has 3 nitrogen and oxygen atoms in total. The molecule has 0 radical (unpaired) electrons. The molecule has 0 aromatic rings. The van der Waals surface area contributed by atoms with E-state index < -0.39 is 0 Å². The third-order valence-electron chi connectivity index (χ3n) is 1.97. The van der Waals surface area contributed by atoms with Gasteiger partial charge < -0.3 is 9.80 Å². The fourth-order valence-corrected chi connectivity index (χ4v) is 1.31. The minimum absolute atomic E-state index is 0. The van der Waals surface area contributed by atoms with Crippen molar-refractivity contribution in [1.29, 1.82) is 0 Å². The molecular formula is C7H14Cl2N2O. The van der Waals surface area contributed by atoms with Gasteiger partial charge in [-0.25, -0.2) is 0 Å². The summed E-state index contributed by atoms with van der Waals surface area (Å²) in [5.74, 6) is 0.170. The molecule has 0 spiro atoms. The first-order chi connectivity index (χ1) is 5.24. The van der Waals surface area contributed by atoms with E-state index in [1.54, 1.807) is 0 Å². The number of halogens is 2. The Bertz CT molecular complexity index is 146. The summed E-state index contributed by atoms with van der Waals surface area (Å²) in [6.45, 7) is 3.56. The second-order valence-electron chi connectivity index (χ2n) is 2.82. The highest BCUT2D eigenvalue weighted by Crippen LogP contribution is 1.99. The number of hydrogen-bond acceptors (Lipinski definition) is 2. The SMILES string of the molecule is CN1CCN(C(=O)CCl)CC1.Cl. The van der Waals surface area contributed by atoms with Crippen molar-refractivity contribution in [3.05, 3.63) is 0 Å². The van der Waals surface area contributed by atoms with Gasteiger partial charge in [0, 0.05) is 26.2 Å². The van der Waals surface area contributed by atoms with Gasteiger partial charge in [0.15, 0.2) is 0 Å². The van der Waals surface area contributed by atoms with Gasteiger partial charge in [-0.1, -0.05) is 0 Å². The molecule has 0 aromatic carbocycles. The summed E-state index contributed by atoms with van der Waals surface area (Å²) in [6, 6.07) is 0. The first kappa shape index (κ1) is 12.0. The van der Waals surface area contributed by atoms with Crippen molar-refractivity contribution in [2.24, 2.45) is 0 Å². The van der Waals surface area contributed by atoms with Crippen LogP contribution in [0.3, 0.4) is 0 Å². The van der Waals surface area contributed by atoms with Gasteiger partial charge in [0.05, 0.1) is 0 Å². The molecule has 5 heteroatoms. The lowest BCUT2D eigenvalue weighted by atomic mass is 10.3. The lowest BCUT2D eigenvalue weighted by Crippen LogP contribution is -2.47. The molecule has 1 amide bonds. The molecule has 72 valence electrons. The average molecular weight is 213 g/mol. The lowest BCUT2D eigenvalue weighted by molar-refractivity contribution is -0.130. The summed E-state index contributed by atoms with van der Waals surface area (Å²) in [6.07, 6.45) is 0. The Morgan fingerprint density at radius 1 is 1.33 bits per heavy atom. The molecule has 1 fully saturated rings. The Labute approximate surface area is 84.1 Å². The molecule has 0 N–H and O–H groups in total. The number of likely N-dealkylation sites (N-methyl/N-ethyl adjacent to an activating group) is 1. The van der Waals surface area contributed by atoms with E-state index in [9.17, 15) is 4.79 Å². The predicted molar refractivity (Wildman–Crippen MR) is 52.0 cm³/mol. The van der Waals surface area contributed by atoms with E-state index in [0.717, 1.165) is 26.2 Å². The molecule has 12 heavy (non-hydrogen) atoms. The van der Waals surface area contributed by atoms with Crippen LogP contribution in [-0.2, 0) is 4.79 Å². The van der Waals surface area contributed by atoms with E-state index in [1.807, 2.05) is 4.90 Å². The molecular weight excluding hydrogens is 199 g/mol. The van der Waals surface area contributed by atoms with Crippen LogP contribution in [0, 0.1) is 0 Å². The fraction of sp³-hybridized carbons (Fsp3) is 0.857. The quantitative estimate of drug-likeness (QED) is 0.589. The van der Waals surface area contributed by atoms with Gasteiger partial charge in [-0.3, -0.25) is 4.79 Å². The largest absolute Gasteiger partial charge is 0.339 e. The number of hydrogen-bond donors (Lipinski definition) is 0. The van der Waals surface area contributed by atoms with Crippen molar-refractivity contribution in [1.82, 2.24) is 9.80 Å². The Morgan fingerprint density at radius 3 is 2.25 bits per heavy atom. The van der Waals surface area contributed by atoms with Crippen LogP contribution in [-0.4, -0.2) is 54.8 Å². The minimum Gasteiger partial charge on any atom is -0.339 e. The maximum atomic E-state index is 11.0. The standard InChI is InChI=1S/C7H13ClN2O.ClH/c1-9-2-4-10(5-3-9)7(11)6-8;/h2-6H2,1H3;1H. The number of carbonyl (C=O) groups excluding carboxylic acids is 1. The third kappa shape index (κ3) is 3.17. The van der Waals surface area contributed by atoms with E-state index in [1.165, 1.54) is 0 Å². The summed E-state index contributed by atoms with van der Waals surface area (Å²) in [7, 11) is 2.06. The van der Waals surface area contributed by atoms with Gasteiger partial charge in [0.2, 0.25) is 5.91 Å². The zero-order chi connectivity index (χ0) is 8.27. The average Bonchev–Trinajstić information content (AvgIpc) is 2.05. The van der Waals surface area contributed by atoms with Gasteiger partial charge in [-0.2, -0.15) is 0 Å². The van der Waals surface area contributed by atoms with Gasteiger partial charge in [-0.05, 0) is 7.05 Å². The van der Waals surface area contributed by atoms with Crippen LogP contribution < -0.4 is 0 Å². The van der Waals surface area contributed by atoms with Gasteiger partial charge >= 0.3 is 0 Å². The van der Waals surface area contributed by atoms with E-state index >= 15 is 0 Å². The van der Waals surface area contributed by atoms with Crippen molar-refractivity contribution >= 4 is 29.9 Å². The topological polar surface area (TPSA) is 23.6 Å². The molecule has 0 atom stereocenters. The van der Waals surface area contributed by atoms with Crippen LogP contribution in [0.15, 0.2) is 0 Å². The van der Waals surface area contributed by atoms with Crippen molar-refractivity contribution < 1.29 is 4.79 Å². The van der Waals surface area contributed by atoms with Crippen molar-refractivity contribution in [2.75, 3.05) is 39.1 Å². The number of piperazine rings is 1. The fourth-order valence-electron chi connectivity index (χ4n) is 1.14. The molecule has 0 aliphatic carbocycles. The molecule has 1 aliphatic heterocycles. The zero-order valence-corrected chi connectivity index (χ0v) is 8.70. The smallest absolute Gasteiger partial charge is 0.237 e. The molecule has 1 heterocycles. The molecule has 0 saturated carbocycles. The van der Waals surface area contributed by atoms with Crippen LogP contribution in [0.2, 0.25) is 0 Å². The molecule has 1 rings (SSSR count). The summed E-state index contributed by atoms with van der Waals surface area (Å²) < 4.78 is 0. The monoisotopic (exact) mass is 212 g/mol. The Kier molecular flexibility index (Phi) is 5.63. The zero-order valence-electron chi connectivity index (χ0n) is 7.12. The van der Waals surface area contributed by atoms with Crippen LogP contribution in [0.1, 0.15) is 0 Å². The molecule has 0 unspecified atom stereocenters. The van der Waals surface area contributed by atoms with Crippen LogP contribution in [0.25, 0.3) is 0 Å². The Hall–Kier alpha value is 0.01000. The maximum absolute atomic E-state index is 11.0. The Balaban J connectivity index is 0.00000121. The van der Waals surface area contributed by atoms with Crippen molar-refractivity contribution in [2.45, 2.75) is 0 Å². The third-order valence-corrected chi connectivity index (χ3v) is 2.20. The second kappa shape index (κ2) is 5.62. The highest BCUT2D eigenvalue weighted by atomic mass is 35.5. The minimum atomic E-state index is 0. The number of amides is 1. The van der Waals surface area contributed by atoms with Gasteiger partial charge in [0.1, 0.15) is 5.88 Å². The first-order valence-electron chi connectivity index (χ1n) is 3.76. The summed E-state index contributed by atoms with van der Waals surface area (Å²) in [5.41, 5.74) is 0.